The van der Waals surface area contributed by atoms with Crippen molar-refractivity contribution in [1.82, 2.24) is 10.2 Å². The molecule has 0 saturated carbocycles. The van der Waals surface area contributed by atoms with Crippen LogP contribution in [0.3, 0.4) is 0 Å². The molecule has 0 aliphatic heterocycles. The normalized spacial score (nSPS) is 11.8. The van der Waals surface area contributed by atoms with Crippen LogP contribution in [0.25, 0.3) is 0 Å². The highest BCUT2D eigenvalue weighted by atomic mass is 79.9. The highest BCUT2D eigenvalue weighted by Gasteiger charge is 2.30. The van der Waals surface area contributed by atoms with Gasteiger partial charge in [0.1, 0.15) is 6.04 Å². The minimum absolute atomic E-state index is 0.0145. The minimum atomic E-state index is -0.604. The third-order valence-electron chi connectivity index (χ3n) is 5.74. The number of aryl methyl sites for hydroxylation is 2. The zero-order chi connectivity index (χ0) is 26.1. The molecule has 190 valence electrons. The van der Waals surface area contributed by atoms with Crippen molar-refractivity contribution in [2.45, 2.75) is 58.5 Å². The van der Waals surface area contributed by atoms with E-state index in [1.165, 1.54) is 16.7 Å². The molecule has 0 unspecified atom stereocenters. The van der Waals surface area contributed by atoms with E-state index in [0.717, 1.165) is 21.4 Å². The Hall–Kier alpha value is -2.57. The van der Waals surface area contributed by atoms with E-state index < -0.39 is 6.04 Å². The first-order chi connectivity index (χ1) is 17.2. The molecule has 0 aromatic heterocycles. The number of carbonyl (C=O) groups is 2. The Morgan fingerprint density at radius 2 is 1.53 bits per heavy atom. The van der Waals surface area contributed by atoms with Crippen LogP contribution in [0.1, 0.15) is 41.7 Å². The zero-order valence-electron chi connectivity index (χ0n) is 21.5. The second kappa shape index (κ2) is 13.7. The maximum absolute atomic E-state index is 13.7. The number of nitrogens with one attached hydrogen (secondary N) is 1. The summed E-state index contributed by atoms with van der Waals surface area (Å²) in [6, 6.07) is 23.7. The molecule has 3 aromatic rings. The molecule has 0 bridgehead atoms. The summed E-state index contributed by atoms with van der Waals surface area (Å²) >= 11 is 5.07. The van der Waals surface area contributed by atoms with Gasteiger partial charge in [-0.25, -0.2) is 0 Å². The number of thioether (sulfide) groups is 1. The molecule has 36 heavy (non-hydrogen) atoms. The van der Waals surface area contributed by atoms with Gasteiger partial charge in [-0.2, -0.15) is 0 Å². The van der Waals surface area contributed by atoms with E-state index in [0.29, 0.717) is 18.7 Å². The van der Waals surface area contributed by atoms with Gasteiger partial charge in [0, 0.05) is 29.2 Å². The lowest BCUT2D eigenvalue weighted by Gasteiger charge is -2.32. The van der Waals surface area contributed by atoms with E-state index in [9.17, 15) is 9.59 Å². The average molecular weight is 568 g/mol. The van der Waals surface area contributed by atoms with Crippen molar-refractivity contribution in [3.05, 3.63) is 105 Å². The second-order valence-corrected chi connectivity index (χ2v) is 11.4. The summed E-state index contributed by atoms with van der Waals surface area (Å²) in [4.78, 5) is 28.8. The van der Waals surface area contributed by atoms with Gasteiger partial charge in [0.2, 0.25) is 11.8 Å². The molecule has 0 radical (unpaired) electrons. The van der Waals surface area contributed by atoms with Crippen molar-refractivity contribution in [3.8, 4) is 0 Å². The Kier molecular flexibility index (Phi) is 10.6. The Morgan fingerprint density at radius 1 is 0.889 bits per heavy atom. The third kappa shape index (κ3) is 8.82. The number of hydrogen-bond donors (Lipinski definition) is 1. The molecular formula is C30H35BrN2O2S. The average Bonchev–Trinajstić information content (AvgIpc) is 2.82. The highest BCUT2D eigenvalue weighted by Crippen LogP contribution is 2.20. The summed E-state index contributed by atoms with van der Waals surface area (Å²) < 4.78 is 0.978. The molecule has 6 heteroatoms. The van der Waals surface area contributed by atoms with Crippen LogP contribution in [-0.2, 0) is 28.3 Å². The van der Waals surface area contributed by atoms with Crippen molar-refractivity contribution in [3.63, 3.8) is 0 Å². The lowest BCUT2D eigenvalue weighted by atomic mass is 10.0. The molecule has 0 spiro atoms. The van der Waals surface area contributed by atoms with Gasteiger partial charge in [-0.15, -0.1) is 11.8 Å². The van der Waals surface area contributed by atoms with Crippen molar-refractivity contribution >= 4 is 39.5 Å². The molecule has 0 aliphatic carbocycles. The van der Waals surface area contributed by atoms with Crippen LogP contribution in [-0.4, -0.2) is 34.6 Å². The molecular weight excluding hydrogens is 532 g/mol. The molecule has 1 atom stereocenters. The number of rotatable bonds is 11. The van der Waals surface area contributed by atoms with Crippen molar-refractivity contribution < 1.29 is 9.59 Å². The Balaban J connectivity index is 1.84. The summed E-state index contributed by atoms with van der Waals surface area (Å²) in [6.45, 7) is 8.44. The molecule has 3 aromatic carbocycles. The van der Waals surface area contributed by atoms with E-state index >= 15 is 0 Å². The van der Waals surface area contributed by atoms with E-state index in [4.69, 9.17) is 0 Å². The van der Waals surface area contributed by atoms with Gasteiger partial charge >= 0.3 is 0 Å². The number of halogens is 1. The van der Waals surface area contributed by atoms with Crippen LogP contribution >= 0.6 is 27.7 Å². The zero-order valence-corrected chi connectivity index (χ0v) is 23.9. The smallest absolute Gasteiger partial charge is 0.243 e. The maximum Gasteiger partial charge on any atom is 0.243 e. The summed E-state index contributed by atoms with van der Waals surface area (Å²) in [7, 11) is 0. The van der Waals surface area contributed by atoms with Gasteiger partial charge in [0.25, 0.3) is 0 Å². The number of carbonyl (C=O) groups excluding carboxylic acids is 2. The number of nitrogens with zero attached hydrogens (tertiary/aromatic N) is 1. The Morgan fingerprint density at radius 3 is 2.14 bits per heavy atom. The first-order valence-electron chi connectivity index (χ1n) is 12.2. The van der Waals surface area contributed by atoms with Gasteiger partial charge in [0.05, 0.1) is 5.75 Å². The van der Waals surface area contributed by atoms with Gasteiger partial charge < -0.3 is 10.2 Å². The number of benzene rings is 3. The first-order valence-corrected chi connectivity index (χ1v) is 14.2. The lowest BCUT2D eigenvalue weighted by Crippen LogP contribution is -2.52. The minimum Gasteiger partial charge on any atom is -0.352 e. The largest absolute Gasteiger partial charge is 0.352 e. The molecule has 0 saturated heterocycles. The summed E-state index contributed by atoms with van der Waals surface area (Å²) in [5.41, 5.74) is 5.67. The molecule has 3 rings (SSSR count). The van der Waals surface area contributed by atoms with Gasteiger partial charge in [-0.1, -0.05) is 87.7 Å². The summed E-state index contributed by atoms with van der Waals surface area (Å²) in [5, 5.41) is 3.04. The molecule has 0 heterocycles. The predicted molar refractivity (Wildman–Crippen MR) is 154 cm³/mol. The van der Waals surface area contributed by atoms with Crippen molar-refractivity contribution in [2.75, 3.05) is 5.75 Å². The SMILES string of the molecule is Cc1cc(C)cc(CSCC(=O)N(Cc2ccc(Br)cc2)[C@H](Cc2ccccc2)C(=O)NC(C)C)c1. The van der Waals surface area contributed by atoms with E-state index in [2.05, 4.69) is 53.3 Å². The standard InChI is InChI=1S/C30H35BrN2O2S/c1-21(2)32-30(35)28(17-24-8-6-5-7-9-24)33(18-25-10-12-27(31)13-11-25)29(34)20-36-19-26-15-22(3)14-23(4)16-26/h5-16,21,28H,17-20H2,1-4H3,(H,32,35)/t28-/m1/s1. The molecule has 4 nitrogen and oxygen atoms in total. The van der Waals surface area contributed by atoms with Crippen molar-refractivity contribution in [2.24, 2.45) is 0 Å². The monoisotopic (exact) mass is 566 g/mol. The van der Waals surface area contributed by atoms with Crippen LogP contribution in [0.5, 0.6) is 0 Å². The lowest BCUT2D eigenvalue weighted by molar-refractivity contribution is -0.139. The Bertz CT molecular complexity index is 1130. The van der Waals surface area contributed by atoms with Crippen LogP contribution in [0.4, 0.5) is 0 Å². The first kappa shape index (κ1) is 28.0. The summed E-state index contributed by atoms with van der Waals surface area (Å²) in [5.74, 6) is 0.900. The van der Waals surface area contributed by atoms with Crippen LogP contribution < -0.4 is 5.32 Å². The van der Waals surface area contributed by atoms with E-state index in [1.807, 2.05) is 68.4 Å². The fraction of sp³-hybridized carbons (Fsp3) is 0.333. The van der Waals surface area contributed by atoms with Gasteiger partial charge in [-0.3, -0.25) is 9.59 Å². The third-order valence-corrected chi connectivity index (χ3v) is 7.26. The highest BCUT2D eigenvalue weighted by molar-refractivity contribution is 9.10. The molecule has 0 aliphatic rings. The number of hydrogen-bond acceptors (Lipinski definition) is 3. The predicted octanol–water partition coefficient (Wildman–Crippen LogP) is 6.46. The van der Waals surface area contributed by atoms with Gasteiger partial charge in [-0.05, 0) is 56.5 Å². The van der Waals surface area contributed by atoms with Crippen molar-refractivity contribution in [1.29, 1.82) is 0 Å². The van der Waals surface area contributed by atoms with Gasteiger partial charge in [0.15, 0.2) is 0 Å². The van der Waals surface area contributed by atoms with E-state index in [1.54, 1.807) is 16.7 Å². The quantitative estimate of drug-likeness (QED) is 0.289. The van der Waals surface area contributed by atoms with Crippen LogP contribution in [0.2, 0.25) is 0 Å². The maximum atomic E-state index is 13.7. The van der Waals surface area contributed by atoms with Crippen LogP contribution in [0.15, 0.2) is 77.3 Å². The molecule has 0 fully saturated rings. The van der Waals surface area contributed by atoms with Crippen LogP contribution in [0, 0.1) is 13.8 Å². The van der Waals surface area contributed by atoms with E-state index in [-0.39, 0.29) is 17.9 Å². The molecule has 1 N–H and O–H groups in total. The number of amides is 2. The fourth-order valence-electron chi connectivity index (χ4n) is 4.21. The molecule has 2 amide bonds. The fourth-order valence-corrected chi connectivity index (χ4v) is 5.32. The Labute approximate surface area is 228 Å². The second-order valence-electron chi connectivity index (χ2n) is 9.51. The topological polar surface area (TPSA) is 49.4 Å². The summed E-state index contributed by atoms with van der Waals surface area (Å²) in [6.07, 6.45) is 0.462.